The van der Waals surface area contributed by atoms with Crippen LogP contribution >= 0.6 is 15.9 Å². The smallest absolute Gasteiger partial charge is 0.240 e. The van der Waals surface area contributed by atoms with Gasteiger partial charge in [0, 0.05) is 49.5 Å². The number of pyridine rings is 2. The Morgan fingerprint density at radius 3 is 2.36 bits per heavy atom. The Morgan fingerprint density at radius 1 is 0.955 bits per heavy atom. The molecule has 3 heterocycles. The fraction of sp³-hybridized carbons (Fsp3) is 0.290. The number of rotatable bonds is 10. The van der Waals surface area contributed by atoms with Gasteiger partial charge in [-0.1, -0.05) is 0 Å². The molecule has 2 fully saturated rings. The van der Waals surface area contributed by atoms with E-state index in [-0.39, 0.29) is 11.4 Å². The normalized spacial score (nSPS) is 15.9. The fourth-order valence-electron chi connectivity index (χ4n) is 4.82. The number of carbonyl (C=O) groups excluding carboxylic acids is 2. The molecule has 13 heteroatoms. The molecule has 2 N–H and O–H groups in total. The molecule has 1 saturated heterocycles. The van der Waals surface area contributed by atoms with E-state index in [1.165, 1.54) is 36.4 Å². The van der Waals surface area contributed by atoms with Crippen molar-refractivity contribution in [2.45, 2.75) is 12.8 Å². The van der Waals surface area contributed by atoms with Crippen LogP contribution in [0.15, 0.2) is 65.4 Å². The van der Waals surface area contributed by atoms with Crippen LogP contribution in [0.5, 0.6) is 17.4 Å². The summed E-state index contributed by atoms with van der Waals surface area (Å²) < 4.78 is 46.0. The quantitative estimate of drug-likeness (QED) is 0.212. The van der Waals surface area contributed by atoms with Crippen molar-refractivity contribution in [1.29, 1.82) is 0 Å². The van der Waals surface area contributed by atoms with Crippen LogP contribution in [0.4, 0.5) is 20.2 Å². The molecule has 1 saturated carbocycles. The molecule has 0 radical (unpaired) electrons. The number of nitrogens with zero attached hydrogens (tertiary/aromatic N) is 3. The lowest BCUT2D eigenvalue weighted by molar-refractivity contribution is -0.131. The molecule has 0 atom stereocenters. The van der Waals surface area contributed by atoms with Gasteiger partial charge in [0.05, 0.1) is 24.1 Å². The van der Waals surface area contributed by atoms with Crippen LogP contribution in [0.2, 0.25) is 0 Å². The topological polar surface area (TPSA) is 115 Å². The van der Waals surface area contributed by atoms with Gasteiger partial charge in [0.25, 0.3) is 0 Å². The summed E-state index contributed by atoms with van der Waals surface area (Å²) in [6, 6.07) is 10.9. The first-order valence-electron chi connectivity index (χ1n) is 14.0. The molecule has 0 spiro atoms. The van der Waals surface area contributed by atoms with Crippen molar-refractivity contribution in [2.75, 3.05) is 50.1 Å². The van der Waals surface area contributed by atoms with Gasteiger partial charge in [-0.15, -0.1) is 0 Å². The maximum Gasteiger partial charge on any atom is 0.240 e. The molecular weight excluding hydrogens is 640 g/mol. The summed E-state index contributed by atoms with van der Waals surface area (Å²) in [6.07, 6.45) is 3.79. The van der Waals surface area contributed by atoms with Crippen molar-refractivity contribution < 1.29 is 32.6 Å². The number of halogens is 3. The van der Waals surface area contributed by atoms with Gasteiger partial charge in [0.15, 0.2) is 11.6 Å². The Balaban J connectivity index is 1.10. The number of nitrogens with one attached hydrogen (secondary N) is 2. The number of hydrogen-bond acceptors (Lipinski definition) is 8. The third-order valence-corrected chi connectivity index (χ3v) is 8.25. The van der Waals surface area contributed by atoms with Crippen molar-refractivity contribution in [3.05, 3.63) is 77.0 Å². The zero-order valence-corrected chi connectivity index (χ0v) is 25.0. The van der Waals surface area contributed by atoms with Gasteiger partial charge >= 0.3 is 0 Å². The molecule has 6 rings (SSSR count). The molecule has 2 amide bonds. The predicted molar refractivity (Wildman–Crippen MR) is 162 cm³/mol. The maximum atomic E-state index is 15.2. The zero-order chi connectivity index (χ0) is 30.7. The van der Waals surface area contributed by atoms with E-state index in [2.05, 4.69) is 41.4 Å². The minimum atomic E-state index is -1.28. The lowest BCUT2D eigenvalue weighted by Gasteiger charge is -2.26. The third-order valence-electron chi connectivity index (χ3n) is 7.54. The highest BCUT2D eigenvalue weighted by atomic mass is 79.9. The van der Waals surface area contributed by atoms with E-state index < -0.39 is 28.9 Å². The predicted octanol–water partition coefficient (Wildman–Crippen LogP) is 5.53. The first-order chi connectivity index (χ1) is 21.3. The van der Waals surface area contributed by atoms with Gasteiger partial charge in [-0.05, 0) is 71.2 Å². The molecule has 10 nitrogen and oxygen atoms in total. The number of aromatic nitrogens is 2. The van der Waals surface area contributed by atoms with Crippen molar-refractivity contribution in [3.63, 3.8) is 0 Å². The minimum Gasteiger partial charge on any atom is -0.475 e. The van der Waals surface area contributed by atoms with Gasteiger partial charge in [-0.2, -0.15) is 0 Å². The van der Waals surface area contributed by atoms with E-state index in [0.29, 0.717) is 65.4 Å². The molecule has 228 valence electrons. The average molecular weight is 668 g/mol. The summed E-state index contributed by atoms with van der Waals surface area (Å²) in [7, 11) is 0. The van der Waals surface area contributed by atoms with Crippen LogP contribution in [0, 0.1) is 17.0 Å². The Morgan fingerprint density at radius 2 is 1.66 bits per heavy atom. The highest BCUT2D eigenvalue weighted by Gasteiger charge is 2.56. The maximum absolute atomic E-state index is 15.2. The lowest BCUT2D eigenvalue weighted by Crippen LogP contribution is -2.38. The number of hydrogen-bond donors (Lipinski definition) is 2. The van der Waals surface area contributed by atoms with Crippen molar-refractivity contribution in [1.82, 2.24) is 14.9 Å². The van der Waals surface area contributed by atoms with Crippen molar-refractivity contribution in [3.8, 4) is 17.4 Å². The van der Waals surface area contributed by atoms with E-state index in [1.807, 2.05) is 0 Å². The van der Waals surface area contributed by atoms with Gasteiger partial charge in [0.2, 0.25) is 17.7 Å². The highest BCUT2D eigenvalue weighted by Crippen LogP contribution is 2.47. The molecule has 0 bridgehead atoms. The van der Waals surface area contributed by atoms with Gasteiger partial charge in [-0.25, -0.2) is 13.8 Å². The minimum absolute atomic E-state index is 0.0763. The Labute approximate surface area is 259 Å². The van der Waals surface area contributed by atoms with Crippen LogP contribution in [0.3, 0.4) is 0 Å². The van der Waals surface area contributed by atoms with Crippen LogP contribution in [-0.4, -0.2) is 66.1 Å². The molecule has 4 aromatic rings. The summed E-state index contributed by atoms with van der Waals surface area (Å²) in [4.78, 5) is 36.9. The fourth-order valence-corrected chi connectivity index (χ4v) is 5.35. The van der Waals surface area contributed by atoms with Crippen molar-refractivity contribution >= 4 is 50.0 Å². The third kappa shape index (κ3) is 6.49. The second-order valence-corrected chi connectivity index (χ2v) is 11.3. The molecule has 0 unspecified atom stereocenters. The number of carbonyl (C=O) groups is 2. The Bertz CT molecular complexity index is 1700. The number of ether oxygens (including phenoxy) is 3. The van der Waals surface area contributed by atoms with Crippen LogP contribution in [-0.2, 0) is 14.3 Å². The number of morpholine rings is 1. The second kappa shape index (κ2) is 12.8. The van der Waals surface area contributed by atoms with E-state index in [1.54, 1.807) is 18.5 Å². The van der Waals surface area contributed by atoms with Crippen LogP contribution < -0.4 is 20.1 Å². The van der Waals surface area contributed by atoms with E-state index in [4.69, 9.17) is 14.2 Å². The number of anilines is 2. The van der Waals surface area contributed by atoms with Gasteiger partial charge < -0.3 is 24.8 Å². The summed E-state index contributed by atoms with van der Waals surface area (Å²) in [6.45, 7) is 4.33. The largest absolute Gasteiger partial charge is 0.475 e. The van der Waals surface area contributed by atoms with E-state index in [0.717, 1.165) is 25.7 Å². The molecule has 44 heavy (non-hydrogen) atoms. The molecule has 2 aromatic heterocycles. The van der Waals surface area contributed by atoms with Crippen LogP contribution in [0.25, 0.3) is 10.9 Å². The molecule has 2 aromatic carbocycles. The summed E-state index contributed by atoms with van der Waals surface area (Å²) in [5, 5.41) is 5.81. The second-order valence-electron chi connectivity index (χ2n) is 10.5. The van der Waals surface area contributed by atoms with Crippen LogP contribution in [0.1, 0.15) is 12.8 Å². The Kier molecular flexibility index (Phi) is 8.69. The summed E-state index contributed by atoms with van der Waals surface area (Å²) >= 11 is 3.53. The molecule has 2 aliphatic rings. The summed E-state index contributed by atoms with van der Waals surface area (Å²) in [5.74, 6) is -1.57. The van der Waals surface area contributed by atoms with Gasteiger partial charge in [-0.3, -0.25) is 19.5 Å². The van der Waals surface area contributed by atoms with E-state index in [9.17, 15) is 14.0 Å². The van der Waals surface area contributed by atoms with Crippen molar-refractivity contribution in [2.24, 2.45) is 5.41 Å². The monoisotopic (exact) mass is 667 g/mol. The lowest BCUT2D eigenvalue weighted by atomic mass is 10.0. The van der Waals surface area contributed by atoms with E-state index >= 15 is 4.39 Å². The Hall–Kier alpha value is -4.20. The number of amides is 2. The van der Waals surface area contributed by atoms with Gasteiger partial charge in [0.1, 0.15) is 28.1 Å². The first kappa shape index (κ1) is 29.9. The average Bonchev–Trinajstić information content (AvgIpc) is 3.84. The first-order valence-corrected chi connectivity index (χ1v) is 14.8. The molecular formula is C31H28BrF2N5O5. The number of fused-ring (bicyclic) bond motifs is 1. The zero-order valence-electron chi connectivity index (χ0n) is 23.4. The SMILES string of the molecule is O=C(Nc1ccc(F)cc1)C1(C(=O)Nc2ccc(Oc3ccnc4c(Br)c(OCCN5CCOCC5)ncc34)c(F)c2)CC1. The molecule has 1 aliphatic carbocycles. The number of benzene rings is 2. The molecule has 1 aliphatic heterocycles. The summed E-state index contributed by atoms with van der Waals surface area (Å²) in [5.41, 5.74) is -0.191. The standard InChI is InChI=1S/C31H28BrF2N5O5/c32-26-27-22(18-36-28(26)43-16-13-39-11-14-42-15-12-39)24(7-10-35-27)44-25-6-5-21(17-23(25)34)38-30(41)31(8-9-31)29(40)37-20-3-1-19(33)2-4-20/h1-7,10,17-18H,8-9,11-16H2,(H,37,40)(H,38,41). The highest BCUT2D eigenvalue weighted by molar-refractivity contribution is 9.10.